The van der Waals surface area contributed by atoms with E-state index in [4.69, 9.17) is 27.9 Å². The Bertz CT molecular complexity index is 1480. The van der Waals surface area contributed by atoms with Gasteiger partial charge < -0.3 is 10.1 Å². The summed E-state index contributed by atoms with van der Waals surface area (Å²) in [6, 6.07) is 16.6. The highest BCUT2D eigenvalue weighted by molar-refractivity contribution is 7.92. The molecule has 1 amide bonds. The fourth-order valence-electron chi connectivity index (χ4n) is 3.39. The number of carbonyl (C=O) groups is 1. The highest BCUT2D eigenvalue weighted by Crippen LogP contribution is 2.30. The van der Waals surface area contributed by atoms with Gasteiger partial charge in [0.1, 0.15) is 5.75 Å². The molecule has 9 nitrogen and oxygen atoms in total. The van der Waals surface area contributed by atoms with Crippen molar-refractivity contribution in [2.45, 2.75) is 17.7 Å². The van der Waals surface area contributed by atoms with E-state index in [1.165, 1.54) is 43.5 Å². The Balaban J connectivity index is 1.58. The Morgan fingerprint density at radius 3 is 2.24 bits per heavy atom. The van der Waals surface area contributed by atoms with Crippen LogP contribution >= 0.6 is 23.2 Å². The molecule has 0 spiro atoms. The van der Waals surface area contributed by atoms with E-state index in [0.717, 1.165) is 10.6 Å². The van der Waals surface area contributed by atoms with Crippen LogP contribution in [0.3, 0.4) is 0 Å². The first kappa shape index (κ1) is 28.6. The zero-order chi connectivity index (χ0) is 27.2. The number of hydrogen-bond acceptors (Lipinski definition) is 6. The lowest BCUT2D eigenvalue weighted by atomic mass is 10.2. The number of methoxy groups -OCH3 is 1. The summed E-state index contributed by atoms with van der Waals surface area (Å²) in [5, 5.41) is 3.33. The first-order valence-electron chi connectivity index (χ1n) is 10.9. The molecule has 0 atom stereocenters. The first-order chi connectivity index (χ1) is 17.4. The molecule has 3 rings (SSSR count). The van der Waals surface area contributed by atoms with Crippen molar-refractivity contribution in [3.05, 3.63) is 76.8 Å². The van der Waals surface area contributed by atoms with Gasteiger partial charge in [-0.2, -0.15) is 0 Å². The van der Waals surface area contributed by atoms with Crippen molar-refractivity contribution in [3.63, 3.8) is 0 Å². The average molecular weight is 587 g/mol. The molecule has 0 aromatic heterocycles. The van der Waals surface area contributed by atoms with Gasteiger partial charge in [-0.25, -0.2) is 16.8 Å². The number of nitrogens with one attached hydrogen (secondary N) is 2. The summed E-state index contributed by atoms with van der Waals surface area (Å²) < 4.78 is 58.5. The number of halogens is 2. The lowest BCUT2D eigenvalue weighted by molar-refractivity contribution is -0.116. The maximum absolute atomic E-state index is 12.6. The first-order valence-corrected chi connectivity index (χ1v) is 15.0. The lowest BCUT2D eigenvalue weighted by Crippen LogP contribution is -2.31. The van der Waals surface area contributed by atoms with E-state index in [1.54, 1.807) is 30.3 Å². The second-order valence-electron chi connectivity index (χ2n) is 7.95. The molecule has 0 aliphatic carbocycles. The summed E-state index contributed by atoms with van der Waals surface area (Å²) in [6.07, 6.45) is 1.34. The maximum atomic E-state index is 12.6. The van der Waals surface area contributed by atoms with Gasteiger partial charge in [-0.1, -0.05) is 29.3 Å². The molecule has 37 heavy (non-hydrogen) atoms. The molecule has 0 saturated carbocycles. The van der Waals surface area contributed by atoms with E-state index in [-0.39, 0.29) is 35.2 Å². The molecule has 0 heterocycles. The van der Waals surface area contributed by atoms with Crippen molar-refractivity contribution >= 4 is 66.2 Å². The van der Waals surface area contributed by atoms with Gasteiger partial charge in [-0.15, -0.1) is 0 Å². The van der Waals surface area contributed by atoms with Crippen LogP contribution in [-0.2, 0) is 24.8 Å². The fourth-order valence-corrected chi connectivity index (χ4v) is 5.84. The topological polar surface area (TPSA) is 122 Å². The van der Waals surface area contributed by atoms with E-state index in [2.05, 4.69) is 10.0 Å². The second kappa shape index (κ2) is 12.0. The van der Waals surface area contributed by atoms with Gasteiger partial charge in [0.2, 0.25) is 15.9 Å². The number of carbonyl (C=O) groups excluding carboxylic acids is 1. The minimum absolute atomic E-state index is 0.00687. The summed E-state index contributed by atoms with van der Waals surface area (Å²) in [6.45, 7) is 0.0568. The van der Waals surface area contributed by atoms with Crippen molar-refractivity contribution in [3.8, 4) is 5.75 Å². The summed E-state index contributed by atoms with van der Waals surface area (Å²) in [5.41, 5.74) is 1.08. The second-order valence-corrected chi connectivity index (χ2v) is 12.4. The Morgan fingerprint density at radius 1 is 0.946 bits per heavy atom. The van der Waals surface area contributed by atoms with Crippen molar-refractivity contribution in [1.82, 2.24) is 0 Å². The van der Waals surface area contributed by atoms with Gasteiger partial charge >= 0.3 is 0 Å². The average Bonchev–Trinajstić information content (AvgIpc) is 2.81. The maximum Gasteiger partial charge on any atom is 0.261 e. The standard InChI is InChI=1S/C24H25Cl2N3O6S2/c1-35-23-13-10-20(16-22(23)26)29(36(2,31)32)14-4-7-24(30)27-18-8-11-21(12-9-18)37(33,34)28-19-6-3-5-17(25)15-19/h3,5-6,8-13,15-16,28H,4,7,14H2,1-2H3,(H,27,30). The fraction of sp³-hybridized carbons (Fsp3) is 0.208. The van der Waals surface area contributed by atoms with Crippen molar-refractivity contribution in [2.75, 3.05) is 34.3 Å². The predicted molar refractivity (Wildman–Crippen MR) is 147 cm³/mol. The van der Waals surface area contributed by atoms with E-state index >= 15 is 0 Å². The van der Waals surface area contributed by atoms with E-state index < -0.39 is 20.0 Å². The van der Waals surface area contributed by atoms with Crippen LogP contribution in [0.15, 0.2) is 71.6 Å². The highest BCUT2D eigenvalue weighted by atomic mass is 35.5. The molecule has 198 valence electrons. The van der Waals surface area contributed by atoms with Crippen LogP contribution in [0, 0.1) is 0 Å². The lowest BCUT2D eigenvalue weighted by Gasteiger charge is -2.23. The normalized spacial score (nSPS) is 11.6. The number of sulfonamides is 2. The predicted octanol–water partition coefficient (Wildman–Crippen LogP) is 4.99. The van der Waals surface area contributed by atoms with Crippen LogP contribution in [0.25, 0.3) is 0 Å². The smallest absolute Gasteiger partial charge is 0.261 e. The van der Waals surface area contributed by atoms with Gasteiger partial charge in [0, 0.05) is 23.7 Å². The number of benzene rings is 3. The quantitative estimate of drug-likeness (QED) is 0.327. The van der Waals surface area contributed by atoms with E-state index in [1.807, 2.05) is 0 Å². The number of hydrogen-bond donors (Lipinski definition) is 2. The van der Waals surface area contributed by atoms with Gasteiger partial charge in [0.15, 0.2) is 0 Å². The minimum Gasteiger partial charge on any atom is -0.495 e. The molecule has 13 heteroatoms. The highest BCUT2D eigenvalue weighted by Gasteiger charge is 2.19. The Hall–Kier alpha value is -2.99. The van der Waals surface area contributed by atoms with Crippen LogP contribution in [0.4, 0.5) is 17.1 Å². The molecule has 0 aliphatic heterocycles. The van der Waals surface area contributed by atoms with Crippen LogP contribution in [0.5, 0.6) is 5.75 Å². The number of ether oxygens (including phenoxy) is 1. The molecular formula is C24H25Cl2N3O6S2. The monoisotopic (exact) mass is 585 g/mol. The molecule has 3 aromatic carbocycles. The Morgan fingerprint density at radius 2 is 1.65 bits per heavy atom. The number of nitrogens with zero attached hydrogens (tertiary/aromatic N) is 1. The number of rotatable bonds is 11. The Labute approximate surface area is 226 Å². The molecule has 0 saturated heterocycles. The van der Waals surface area contributed by atoms with E-state index in [0.29, 0.717) is 27.8 Å². The van der Waals surface area contributed by atoms with Crippen LogP contribution < -0.4 is 19.1 Å². The van der Waals surface area contributed by atoms with Crippen molar-refractivity contribution < 1.29 is 26.4 Å². The zero-order valence-corrected chi connectivity index (χ0v) is 23.1. The van der Waals surface area contributed by atoms with Gasteiger partial charge in [0.05, 0.1) is 34.7 Å². The summed E-state index contributed by atoms with van der Waals surface area (Å²) >= 11 is 12.0. The van der Waals surface area contributed by atoms with Crippen LogP contribution in [0.2, 0.25) is 10.0 Å². The number of amides is 1. The van der Waals surface area contributed by atoms with Crippen LogP contribution in [0.1, 0.15) is 12.8 Å². The van der Waals surface area contributed by atoms with Crippen molar-refractivity contribution in [1.29, 1.82) is 0 Å². The summed E-state index contributed by atoms with van der Waals surface area (Å²) in [4.78, 5) is 12.4. The molecule has 0 bridgehead atoms. The third kappa shape index (κ3) is 8.00. The Kier molecular flexibility index (Phi) is 9.30. The number of anilines is 3. The SMILES string of the molecule is COc1ccc(N(CCCC(=O)Nc2ccc(S(=O)(=O)Nc3cccc(Cl)c3)cc2)S(C)(=O)=O)cc1Cl. The van der Waals surface area contributed by atoms with Crippen molar-refractivity contribution in [2.24, 2.45) is 0 Å². The van der Waals surface area contributed by atoms with Gasteiger partial charge in [0.25, 0.3) is 10.0 Å². The molecule has 0 unspecified atom stereocenters. The molecule has 0 fully saturated rings. The van der Waals surface area contributed by atoms with Gasteiger partial charge in [-0.05, 0) is 67.1 Å². The van der Waals surface area contributed by atoms with Gasteiger partial charge in [-0.3, -0.25) is 13.8 Å². The molecular weight excluding hydrogens is 561 g/mol. The molecule has 0 aliphatic rings. The van der Waals surface area contributed by atoms with E-state index in [9.17, 15) is 21.6 Å². The third-order valence-corrected chi connectivity index (χ3v) is 8.24. The summed E-state index contributed by atoms with van der Waals surface area (Å²) in [7, 11) is -6.01. The zero-order valence-electron chi connectivity index (χ0n) is 19.9. The summed E-state index contributed by atoms with van der Waals surface area (Å²) in [5.74, 6) is 0.0613. The molecule has 3 aromatic rings. The molecule has 2 N–H and O–H groups in total. The minimum atomic E-state index is -3.85. The van der Waals surface area contributed by atoms with Crippen LogP contribution in [-0.4, -0.2) is 42.7 Å². The third-order valence-electron chi connectivity index (χ3n) is 5.11. The largest absolute Gasteiger partial charge is 0.495 e. The molecule has 0 radical (unpaired) electrons.